The minimum Gasteiger partial charge on any atom is -0.457 e. The monoisotopic (exact) mass is 468 g/mol. The fourth-order valence-corrected chi connectivity index (χ4v) is 4.55. The van der Waals surface area contributed by atoms with Crippen LogP contribution in [0.2, 0.25) is 0 Å². The number of benzene rings is 2. The molecule has 2 rings (SSSR count). The van der Waals surface area contributed by atoms with Crippen LogP contribution in [0.1, 0.15) is 76.3 Å². The lowest BCUT2D eigenvalue weighted by atomic mass is 10.0. The average Bonchev–Trinajstić information content (AvgIpc) is 2.81. The van der Waals surface area contributed by atoms with Crippen LogP contribution in [0.25, 0.3) is 0 Å². The van der Waals surface area contributed by atoms with Gasteiger partial charge in [-0.3, -0.25) is 4.79 Å². The molecule has 0 aliphatic carbocycles. The Hall–Kier alpha value is -2.33. The summed E-state index contributed by atoms with van der Waals surface area (Å²) < 4.78 is 12.1. The maximum absolute atomic E-state index is 12.6. The quantitative estimate of drug-likeness (QED) is 0.107. The van der Waals surface area contributed by atoms with Crippen molar-refractivity contribution in [3.05, 3.63) is 65.7 Å². The molecule has 2 aromatic rings. The van der Waals surface area contributed by atoms with E-state index in [-0.39, 0.29) is 18.7 Å². The third-order valence-corrected chi connectivity index (χ3v) is 6.31. The highest BCUT2D eigenvalue weighted by Gasteiger charge is 2.25. The van der Waals surface area contributed by atoms with Crippen molar-refractivity contribution in [1.29, 1.82) is 0 Å². The van der Waals surface area contributed by atoms with Gasteiger partial charge in [-0.2, -0.15) is 0 Å². The van der Waals surface area contributed by atoms with E-state index in [1.165, 1.54) is 62.5 Å². The standard InChI is InChI=1S/C30H46NO3/c1-5-6-7-8-9-10-11-15-20-28-21-16-17-22-29(28)33-25-34-30(32)26(2)23-31(3,4)24-27-18-13-12-14-19-27/h12-14,16-19,21-22,26H,5-11,15,20,23-25H2,1-4H3/q+1. The second-order valence-corrected chi connectivity index (χ2v) is 10.2. The molecule has 1 unspecified atom stereocenters. The first-order valence-electron chi connectivity index (χ1n) is 13.1. The largest absolute Gasteiger partial charge is 0.457 e. The first-order valence-corrected chi connectivity index (χ1v) is 13.1. The van der Waals surface area contributed by atoms with E-state index < -0.39 is 0 Å². The van der Waals surface area contributed by atoms with Crippen LogP contribution in [0.3, 0.4) is 0 Å². The molecule has 0 heterocycles. The molecule has 0 bridgehead atoms. The normalized spacial score (nSPS) is 12.4. The van der Waals surface area contributed by atoms with Crippen molar-refractivity contribution < 1.29 is 18.8 Å². The Morgan fingerprint density at radius 1 is 0.853 bits per heavy atom. The van der Waals surface area contributed by atoms with Crippen LogP contribution in [0, 0.1) is 5.92 Å². The van der Waals surface area contributed by atoms with Crippen LogP contribution < -0.4 is 4.74 Å². The molecule has 0 amide bonds. The summed E-state index contributed by atoms with van der Waals surface area (Å²) >= 11 is 0. The number of hydrogen-bond donors (Lipinski definition) is 0. The van der Waals surface area contributed by atoms with E-state index in [1.807, 2.05) is 31.2 Å². The topological polar surface area (TPSA) is 35.5 Å². The van der Waals surface area contributed by atoms with E-state index >= 15 is 0 Å². The molecule has 0 spiro atoms. The Balaban J connectivity index is 1.70. The molecule has 34 heavy (non-hydrogen) atoms. The number of rotatable bonds is 17. The number of aryl methyl sites for hydroxylation is 1. The van der Waals surface area contributed by atoms with Gasteiger partial charge in [0, 0.05) is 5.56 Å². The smallest absolute Gasteiger partial charge is 0.317 e. The summed E-state index contributed by atoms with van der Waals surface area (Å²) in [6, 6.07) is 18.5. The molecule has 4 nitrogen and oxygen atoms in total. The Bertz CT molecular complexity index is 819. The van der Waals surface area contributed by atoms with Gasteiger partial charge in [0.1, 0.15) is 18.2 Å². The van der Waals surface area contributed by atoms with Crippen LogP contribution in [-0.4, -0.2) is 37.9 Å². The fourth-order valence-electron chi connectivity index (χ4n) is 4.55. The molecule has 2 aromatic carbocycles. The minimum atomic E-state index is -0.209. The molecular weight excluding hydrogens is 422 g/mol. The van der Waals surface area contributed by atoms with Gasteiger partial charge in [0.05, 0.1) is 20.6 Å². The van der Waals surface area contributed by atoms with Gasteiger partial charge < -0.3 is 14.0 Å². The minimum absolute atomic E-state index is 0.0380. The summed E-state index contributed by atoms with van der Waals surface area (Å²) in [5.41, 5.74) is 2.46. The molecule has 0 radical (unpaired) electrons. The number of para-hydroxylation sites is 1. The fraction of sp³-hybridized carbons (Fsp3) is 0.567. The highest BCUT2D eigenvalue weighted by atomic mass is 16.7. The SMILES string of the molecule is CCCCCCCCCCc1ccccc1OCOC(=O)C(C)C[N+](C)(C)Cc1ccccc1. The number of hydrogen-bond acceptors (Lipinski definition) is 3. The second kappa shape index (κ2) is 15.5. The molecule has 0 saturated heterocycles. The Morgan fingerprint density at radius 2 is 1.47 bits per heavy atom. The van der Waals surface area contributed by atoms with E-state index in [1.54, 1.807) is 0 Å². The number of ether oxygens (including phenoxy) is 2. The number of unbranched alkanes of at least 4 members (excludes halogenated alkanes) is 7. The van der Waals surface area contributed by atoms with E-state index in [0.717, 1.165) is 23.2 Å². The average molecular weight is 469 g/mol. The van der Waals surface area contributed by atoms with Crippen LogP contribution >= 0.6 is 0 Å². The molecule has 0 aromatic heterocycles. The maximum Gasteiger partial charge on any atom is 0.317 e. The van der Waals surface area contributed by atoms with Crippen molar-refractivity contribution in [2.45, 2.75) is 78.2 Å². The summed E-state index contributed by atoms with van der Waals surface area (Å²) in [6.45, 7) is 5.74. The summed E-state index contributed by atoms with van der Waals surface area (Å²) in [7, 11) is 4.30. The van der Waals surface area contributed by atoms with Gasteiger partial charge in [0.2, 0.25) is 6.79 Å². The molecule has 0 saturated carbocycles. The molecule has 0 aliphatic rings. The van der Waals surface area contributed by atoms with Gasteiger partial charge in [-0.1, -0.05) is 100 Å². The van der Waals surface area contributed by atoms with Gasteiger partial charge in [-0.15, -0.1) is 0 Å². The maximum atomic E-state index is 12.6. The molecule has 0 aliphatic heterocycles. The van der Waals surface area contributed by atoms with E-state index in [9.17, 15) is 4.79 Å². The highest BCUT2D eigenvalue weighted by Crippen LogP contribution is 2.21. The first-order chi connectivity index (χ1) is 16.4. The van der Waals surface area contributed by atoms with Crippen LogP contribution in [0.15, 0.2) is 54.6 Å². The van der Waals surface area contributed by atoms with Crippen LogP contribution in [-0.2, 0) is 22.5 Å². The number of esters is 1. The van der Waals surface area contributed by atoms with Crippen molar-refractivity contribution in [1.82, 2.24) is 0 Å². The zero-order valence-electron chi connectivity index (χ0n) is 21.9. The predicted octanol–water partition coefficient (Wildman–Crippen LogP) is 7.16. The summed E-state index contributed by atoms with van der Waals surface area (Å²) in [4.78, 5) is 12.6. The molecule has 0 fully saturated rings. The van der Waals surface area contributed by atoms with Crippen molar-refractivity contribution in [3.63, 3.8) is 0 Å². The third kappa shape index (κ3) is 11.2. The zero-order valence-corrected chi connectivity index (χ0v) is 21.9. The Morgan fingerprint density at radius 3 is 2.18 bits per heavy atom. The van der Waals surface area contributed by atoms with Crippen molar-refractivity contribution in [2.75, 3.05) is 27.4 Å². The lowest BCUT2D eigenvalue weighted by Gasteiger charge is -2.31. The van der Waals surface area contributed by atoms with Gasteiger partial charge in [0.25, 0.3) is 0 Å². The number of quaternary nitrogens is 1. The van der Waals surface area contributed by atoms with Crippen molar-refractivity contribution >= 4 is 5.97 Å². The van der Waals surface area contributed by atoms with Gasteiger partial charge >= 0.3 is 5.97 Å². The molecular formula is C30H46NO3+. The molecule has 188 valence electrons. The Labute approximate surface area is 207 Å². The molecule has 4 heteroatoms. The van der Waals surface area contributed by atoms with Gasteiger partial charge in [-0.05, 0) is 31.4 Å². The second-order valence-electron chi connectivity index (χ2n) is 10.2. The molecule has 1 atom stereocenters. The zero-order chi connectivity index (χ0) is 24.7. The number of carbonyl (C=O) groups excluding carboxylic acids is 1. The van der Waals surface area contributed by atoms with Crippen molar-refractivity contribution in [3.8, 4) is 5.75 Å². The lowest BCUT2D eigenvalue weighted by molar-refractivity contribution is -0.905. The number of nitrogens with zero attached hydrogens (tertiary/aromatic N) is 1. The predicted molar refractivity (Wildman–Crippen MR) is 141 cm³/mol. The Kier molecular flexibility index (Phi) is 12.8. The van der Waals surface area contributed by atoms with Gasteiger partial charge in [-0.25, -0.2) is 0 Å². The summed E-state index contributed by atoms with van der Waals surface area (Å²) in [5, 5.41) is 0. The first kappa shape index (κ1) is 27.9. The van der Waals surface area contributed by atoms with E-state index in [0.29, 0.717) is 6.54 Å². The van der Waals surface area contributed by atoms with E-state index in [4.69, 9.17) is 9.47 Å². The number of carbonyl (C=O) groups is 1. The van der Waals surface area contributed by atoms with Crippen molar-refractivity contribution in [2.24, 2.45) is 5.92 Å². The van der Waals surface area contributed by atoms with Crippen LogP contribution in [0.5, 0.6) is 5.75 Å². The molecule has 0 N–H and O–H groups in total. The highest BCUT2D eigenvalue weighted by molar-refractivity contribution is 5.72. The van der Waals surface area contributed by atoms with Gasteiger partial charge in [0.15, 0.2) is 0 Å². The third-order valence-electron chi connectivity index (χ3n) is 6.31. The lowest BCUT2D eigenvalue weighted by Crippen LogP contribution is -2.44. The van der Waals surface area contributed by atoms with E-state index in [2.05, 4.69) is 51.4 Å². The summed E-state index contributed by atoms with van der Waals surface area (Å²) in [5.74, 6) is 0.417. The summed E-state index contributed by atoms with van der Waals surface area (Å²) in [6.07, 6.45) is 11.5. The van der Waals surface area contributed by atoms with Crippen LogP contribution in [0.4, 0.5) is 0 Å².